The third kappa shape index (κ3) is 6.79. The van der Waals surface area contributed by atoms with Crippen LogP contribution in [0.1, 0.15) is 47.2 Å². The maximum atomic E-state index is 16.4. The van der Waals surface area contributed by atoms with Crippen LogP contribution in [0.2, 0.25) is 18.6 Å². The highest BCUT2D eigenvalue weighted by molar-refractivity contribution is 6.72. The van der Waals surface area contributed by atoms with Gasteiger partial charge >= 0.3 is 0 Å². The van der Waals surface area contributed by atoms with Crippen molar-refractivity contribution in [2.24, 2.45) is 5.92 Å². The molecule has 1 saturated heterocycles. The van der Waals surface area contributed by atoms with E-state index in [-0.39, 0.29) is 37.3 Å². The van der Waals surface area contributed by atoms with Gasteiger partial charge in [-0.2, -0.15) is 0 Å². The van der Waals surface area contributed by atoms with Crippen LogP contribution < -0.4 is 10.2 Å². The lowest BCUT2D eigenvalue weighted by molar-refractivity contribution is -0.146. The molecule has 4 aromatic carbocycles. The van der Waals surface area contributed by atoms with E-state index >= 15 is 4.11 Å². The summed E-state index contributed by atoms with van der Waals surface area (Å²) in [5.41, 5.74) is 4.80. The molecule has 2 aliphatic heterocycles. The lowest BCUT2D eigenvalue weighted by Gasteiger charge is -2.31. The van der Waals surface area contributed by atoms with Crippen LogP contribution in [0.15, 0.2) is 116 Å². The molecule has 1 unspecified atom stereocenters. The first-order chi connectivity index (χ1) is 26.6. The molecule has 12 heteroatoms. The smallest absolute Gasteiger partial charge is 0.264 e. The van der Waals surface area contributed by atoms with Crippen molar-refractivity contribution in [3.63, 3.8) is 0 Å². The third-order valence-corrected chi connectivity index (χ3v) is 13.9. The zero-order chi connectivity index (χ0) is 38.3. The summed E-state index contributed by atoms with van der Waals surface area (Å²) < 4.78 is 25.0. The number of aryl methyl sites for hydroxylation is 1. The minimum absolute atomic E-state index is 0.108. The predicted molar refractivity (Wildman–Crippen MR) is 213 cm³/mol. The Kier molecular flexibility index (Phi) is 9.74. The Labute approximate surface area is 320 Å². The second-order valence-electron chi connectivity index (χ2n) is 15.3. The van der Waals surface area contributed by atoms with Crippen molar-refractivity contribution in [1.82, 2.24) is 20.0 Å². The molecule has 2 aromatic heterocycles. The van der Waals surface area contributed by atoms with E-state index in [2.05, 4.69) is 20.6 Å². The number of aromatic nitrogens is 4. The molecule has 6 aromatic rings. The van der Waals surface area contributed by atoms with Gasteiger partial charge in [-0.15, -0.1) is 5.10 Å². The second-order valence-corrected chi connectivity index (χ2v) is 19.1. The number of H-pyrrole nitrogens is 1. The molecule has 2 amide bonds. The number of nitrogens with zero attached hydrogens (tertiary/aromatic N) is 4. The number of aliphatic hydroxyl groups is 1. The highest BCUT2D eigenvalue weighted by Gasteiger charge is 2.66. The van der Waals surface area contributed by atoms with Crippen LogP contribution in [0.25, 0.3) is 10.9 Å². The molecule has 0 saturated carbocycles. The first-order valence-corrected chi connectivity index (χ1v) is 21.8. The van der Waals surface area contributed by atoms with Crippen molar-refractivity contribution in [3.05, 3.63) is 143 Å². The van der Waals surface area contributed by atoms with Crippen molar-refractivity contribution >= 4 is 42.5 Å². The molecule has 10 nitrogen and oxygen atoms in total. The minimum Gasteiger partial charge on any atom is -0.395 e. The van der Waals surface area contributed by atoms with Gasteiger partial charge in [0.05, 0.1) is 43.0 Å². The summed E-state index contributed by atoms with van der Waals surface area (Å²) in [5, 5.41) is 22.9. The van der Waals surface area contributed by atoms with Gasteiger partial charge < -0.3 is 29.2 Å². The molecule has 282 valence electrons. The summed E-state index contributed by atoms with van der Waals surface area (Å²) in [6.45, 7) is 5.96. The Balaban J connectivity index is 0.985. The molecular weight excluding hydrogens is 712 g/mol. The van der Waals surface area contributed by atoms with Crippen molar-refractivity contribution in [2.45, 2.75) is 69.1 Å². The van der Waals surface area contributed by atoms with Crippen molar-refractivity contribution in [3.8, 4) is 0 Å². The molecule has 3 N–H and O–H groups in total. The van der Waals surface area contributed by atoms with Gasteiger partial charge in [-0.25, -0.2) is 0 Å². The molecule has 1 fully saturated rings. The number of rotatable bonds is 12. The Morgan fingerprint density at radius 1 is 1.02 bits per heavy atom. The molecule has 0 radical (unpaired) electrons. The molecule has 55 heavy (non-hydrogen) atoms. The van der Waals surface area contributed by atoms with Gasteiger partial charge in [0, 0.05) is 52.6 Å². The average Bonchev–Trinajstić information content (AvgIpc) is 3.94. The van der Waals surface area contributed by atoms with E-state index in [1.165, 1.54) is 0 Å². The Hall–Kier alpha value is -5.43. The summed E-state index contributed by atoms with van der Waals surface area (Å²) >= 11 is 0. The first kappa shape index (κ1) is 36.5. The second kappa shape index (κ2) is 14.7. The first-order valence-electron chi connectivity index (χ1n) is 18.8. The molecular formula is C43H45FN6O4Si. The van der Waals surface area contributed by atoms with Crippen LogP contribution >= 0.6 is 0 Å². The average molecular weight is 757 g/mol. The SMILES string of the molecule is C[C@@H]1[C@@H]([Si](C)(C)F)[C@H](CCn2cc(C(CO)c3ccccc3)nn2)O[C@@]12C(=O)N(Cc1ccc(NC(=O)Cc3c[nH]c4ccccc34)cc1)c1ccccc12. The topological polar surface area (TPSA) is 125 Å². The quantitative estimate of drug-likeness (QED) is 0.0879. The number of carbonyl (C=O) groups is 2. The van der Waals surface area contributed by atoms with E-state index in [0.29, 0.717) is 24.3 Å². The summed E-state index contributed by atoms with van der Waals surface area (Å²) in [6, 6.07) is 32.8. The number of amides is 2. The monoisotopic (exact) mass is 756 g/mol. The van der Waals surface area contributed by atoms with E-state index in [0.717, 1.165) is 38.8 Å². The number of carbonyl (C=O) groups excluding carboxylic acids is 2. The molecule has 0 bridgehead atoms. The lowest BCUT2D eigenvalue weighted by atomic mass is 9.82. The zero-order valence-electron chi connectivity index (χ0n) is 31.2. The van der Waals surface area contributed by atoms with E-state index in [4.69, 9.17) is 4.74 Å². The van der Waals surface area contributed by atoms with Crippen LogP contribution in [-0.2, 0) is 39.4 Å². The number of nitrogens with one attached hydrogen (secondary N) is 2. The molecule has 1 spiro atoms. The minimum atomic E-state index is -3.36. The summed E-state index contributed by atoms with van der Waals surface area (Å²) in [6.07, 6.45) is 3.85. The fourth-order valence-corrected chi connectivity index (χ4v) is 11.4. The Bertz CT molecular complexity index is 2320. The summed E-state index contributed by atoms with van der Waals surface area (Å²) in [4.78, 5) is 32.7. The molecule has 4 heterocycles. The van der Waals surface area contributed by atoms with E-state index < -0.39 is 31.6 Å². The van der Waals surface area contributed by atoms with Gasteiger partial charge in [-0.05, 0) is 60.5 Å². The highest BCUT2D eigenvalue weighted by atomic mass is 28.4. The van der Waals surface area contributed by atoms with Gasteiger partial charge in [0.25, 0.3) is 5.91 Å². The van der Waals surface area contributed by atoms with Gasteiger partial charge in [-0.1, -0.05) is 91.0 Å². The fraction of sp³-hybridized carbons (Fsp3) is 0.302. The number of anilines is 2. The standard InChI is InChI=1S/C43H45FN6O4Si/c1-28-41(55(2,3)44)39(21-22-49-26-37(47-48-49)34(27-51)30-11-5-4-6-12-30)54-43(28)35-14-8-10-16-38(35)50(42(43)53)25-29-17-19-32(20-18-29)46-40(52)23-31-24-45-36-15-9-7-13-33(31)36/h4-20,24,26,28,34,39,41,45,51H,21-23,25,27H2,1-3H3,(H,46,52)/t28-,34?,39+,41-,43+/m1/s1. The highest BCUT2D eigenvalue weighted by Crippen LogP contribution is 2.60. The summed E-state index contributed by atoms with van der Waals surface area (Å²) in [7, 11) is -3.36. The van der Waals surface area contributed by atoms with Crippen molar-refractivity contribution < 1.29 is 23.5 Å². The number of ether oxygens (including phenoxy) is 1. The Morgan fingerprint density at radius 3 is 2.51 bits per heavy atom. The number of hydrogen-bond donors (Lipinski definition) is 3. The molecule has 8 rings (SSSR count). The predicted octanol–water partition coefficient (Wildman–Crippen LogP) is 7.48. The number of fused-ring (bicyclic) bond motifs is 3. The van der Waals surface area contributed by atoms with Gasteiger partial charge in [-0.3, -0.25) is 14.3 Å². The van der Waals surface area contributed by atoms with Crippen molar-refractivity contribution in [1.29, 1.82) is 0 Å². The van der Waals surface area contributed by atoms with Crippen LogP contribution in [0.5, 0.6) is 0 Å². The number of halogens is 1. The van der Waals surface area contributed by atoms with Gasteiger partial charge in [0.1, 0.15) is 0 Å². The van der Waals surface area contributed by atoms with Gasteiger partial charge in [0.15, 0.2) is 5.60 Å². The number of para-hydroxylation sites is 2. The van der Waals surface area contributed by atoms with Crippen LogP contribution in [0, 0.1) is 5.92 Å². The number of benzene rings is 4. The largest absolute Gasteiger partial charge is 0.395 e. The van der Waals surface area contributed by atoms with E-state index in [1.54, 1.807) is 22.7 Å². The van der Waals surface area contributed by atoms with Crippen LogP contribution in [0.3, 0.4) is 0 Å². The maximum absolute atomic E-state index is 16.4. The lowest BCUT2D eigenvalue weighted by Crippen LogP contribution is -2.45. The van der Waals surface area contributed by atoms with Gasteiger partial charge in [0.2, 0.25) is 14.3 Å². The fourth-order valence-electron chi connectivity index (χ4n) is 8.86. The summed E-state index contributed by atoms with van der Waals surface area (Å²) in [5.74, 6) is -1.04. The molecule has 2 aliphatic rings. The van der Waals surface area contributed by atoms with E-state index in [9.17, 15) is 14.7 Å². The number of hydrogen-bond acceptors (Lipinski definition) is 6. The maximum Gasteiger partial charge on any atom is 0.264 e. The number of aromatic amines is 1. The molecule has 5 atom stereocenters. The van der Waals surface area contributed by atoms with Crippen LogP contribution in [-0.4, -0.2) is 58.0 Å². The Morgan fingerprint density at radius 2 is 1.75 bits per heavy atom. The van der Waals surface area contributed by atoms with Crippen molar-refractivity contribution in [2.75, 3.05) is 16.8 Å². The number of aliphatic hydroxyl groups excluding tert-OH is 1. The molecule has 0 aliphatic carbocycles. The third-order valence-electron chi connectivity index (χ3n) is 11.4. The van der Waals surface area contributed by atoms with E-state index in [1.807, 2.05) is 122 Å². The normalized spacial score (nSPS) is 21.4. The van der Waals surface area contributed by atoms with Crippen LogP contribution in [0.4, 0.5) is 15.5 Å². The zero-order valence-corrected chi connectivity index (χ0v) is 32.2.